The van der Waals surface area contributed by atoms with Crippen molar-refractivity contribution in [3.8, 4) is 0 Å². The van der Waals surface area contributed by atoms with Crippen molar-refractivity contribution in [2.24, 2.45) is 0 Å². The molecule has 0 radical (unpaired) electrons. The normalized spacial score (nSPS) is 11.6. The fourth-order valence-corrected chi connectivity index (χ4v) is 4.62. The van der Waals surface area contributed by atoms with E-state index < -0.39 is 15.8 Å². The van der Waals surface area contributed by atoms with Gasteiger partial charge in [0.05, 0.1) is 5.69 Å². The summed E-state index contributed by atoms with van der Waals surface area (Å²) >= 11 is 1.43. The van der Waals surface area contributed by atoms with Crippen LogP contribution < -0.4 is 10.0 Å². The third kappa shape index (κ3) is 3.61. The number of halogens is 1. The molecular weight excluding hydrogens is 311 g/mol. The summed E-state index contributed by atoms with van der Waals surface area (Å²) in [6.07, 6.45) is 0. The van der Waals surface area contributed by atoms with Crippen molar-refractivity contribution in [1.82, 2.24) is 5.32 Å². The van der Waals surface area contributed by atoms with Crippen molar-refractivity contribution in [3.63, 3.8) is 0 Å². The molecule has 2 N–H and O–H groups in total. The van der Waals surface area contributed by atoms with Crippen LogP contribution in [0.5, 0.6) is 0 Å². The second-order valence-corrected chi connectivity index (χ2v) is 7.72. The van der Waals surface area contributed by atoms with Gasteiger partial charge in [0.2, 0.25) is 0 Å². The summed E-state index contributed by atoms with van der Waals surface area (Å²) in [4.78, 5) is 1.88. The van der Waals surface area contributed by atoms with Crippen molar-refractivity contribution in [2.75, 3.05) is 11.8 Å². The minimum Gasteiger partial charge on any atom is -0.315 e. The fourth-order valence-electron chi connectivity index (χ4n) is 1.92. The van der Waals surface area contributed by atoms with Crippen LogP contribution in [0.2, 0.25) is 0 Å². The average molecular weight is 328 g/mol. The smallest absolute Gasteiger partial charge is 0.263 e. The zero-order chi connectivity index (χ0) is 15.6. The van der Waals surface area contributed by atoms with Gasteiger partial charge in [-0.05, 0) is 44.7 Å². The molecule has 0 atom stereocenters. The van der Waals surface area contributed by atoms with Gasteiger partial charge in [-0.2, -0.15) is 0 Å². The Bertz CT molecular complexity index is 754. The Kier molecular flexibility index (Phi) is 4.65. The predicted molar refractivity (Wildman–Crippen MR) is 83.8 cm³/mol. The SMILES string of the molecule is CNCc1cc(S(=O)(=O)Nc2ccc(C)c(F)c2)c(C)s1. The van der Waals surface area contributed by atoms with Crippen molar-refractivity contribution >= 4 is 27.0 Å². The third-order valence-electron chi connectivity index (χ3n) is 2.99. The molecule has 2 aromatic rings. The van der Waals surface area contributed by atoms with E-state index in [1.165, 1.54) is 17.4 Å². The topological polar surface area (TPSA) is 58.2 Å². The maximum Gasteiger partial charge on any atom is 0.263 e. The second kappa shape index (κ2) is 6.13. The fraction of sp³-hybridized carbons (Fsp3) is 0.286. The highest BCUT2D eigenvalue weighted by atomic mass is 32.2. The number of nitrogens with one attached hydrogen (secondary N) is 2. The van der Waals surface area contributed by atoms with Gasteiger partial charge >= 0.3 is 0 Å². The van der Waals surface area contributed by atoms with E-state index in [2.05, 4.69) is 10.0 Å². The van der Waals surface area contributed by atoms with Crippen LogP contribution in [0, 0.1) is 19.7 Å². The van der Waals surface area contributed by atoms with E-state index in [1.807, 2.05) is 0 Å². The number of hydrogen-bond acceptors (Lipinski definition) is 4. The van der Waals surface area contributed by atoms with Gasteiger partial charge in [0.1, 0.15) is 10.7 Å². The van der Waals surface area contributed by atoms with E-state index in [9.17, 15) is 12.8 Å². The molecule has 21 heavy (non-hydrogen) atoms. The average Bonchev–Trinajstić information content (AvgIpc) is 2.76. The molecule has 0 aliphatic rings. The highest BCUT2D eigenvalue weighted by Crippen LogP contribution is 2.27. The first-order valence-corrected chi connectivity index (χ1v) is 8.66. The molecular formula is C14H17FN2O2S2. The number of rotatable bonds is 5. The summed E-state index contributed by atoms with van der Waals surface area (Å²) in [5, 5.41) is 2.98. The van der Waals surface area contributed by atoms with E-state index in [0.717, 1.165) is 4.88 Å². The molecule has 0 aliphatic carbocycles. The summed E-state index contributed by atoms with van der Waals surface area (Å²) in [6.45, 7) is 4.00. The van der Waals surface area contributed by atoms with Crippen LogP contribution in [0.1, 0.15) is 15.3 Å². The zero-order valence-corrected chi connectivity index (χ0v) is 13.7. The minimum absolute atomic E-state index is 0.221. The van der Waals surface area contributed by atoms with Gasteiger partial charge in [0.25, 0.3) is 10.0 Å². The Morgan fingerprint density at radius 2 is 1.95 bits per heavy atom. The maximum absolute atomic E-state index is 13.5. The lowest BCUT2D eigenvalue weighted by Crippen LogP contribution is -2.13. The summed E-state index contributed by atoms with van der Waals surface area (Å²) < 4.78 is 40.7. The molecule has 1 aromatic carbocycles. The van der Waals surface area contributed by atoms with E-state index >= 15 is 0 Å². The monoisotopic (exact) mass is 328 g/mol. The molecule has 1 heterocycles. The number of sulfonamides is 1. The van der Waals surface area contributed by atoms with Crippen molar-refractivity contribution in [1.29, 1.82) is 0 Å². The highest BCUT2D eigenvalue weighted by molar-refractivity contribution is 7.93. The van der Waals surface area contributed by atoms with Crippen LogP contribution in [-0.4, -0.2) is 15.5 Å². The third-order valence-corrected chi connectivity index (χ3v) is 5.68. The van der Waals surface area contributed by atoms with Gasteiger partial charge in [-0.1, -0.05) is 6.07 Å². The molecule has 7 heteroatoms. The molecule has 0 amide bonds. The van der Waals surface area contributed by atoms with E-state index in [1.54, 1.807) is 39.1 Å². The van der Waals surface area contributed by atoms with Crippen molar-refractivity contribution in [3.05, 3.63) is 45.4 Å². The lowest BCUT2D eigenvalue weighted by atomic mass is 10.2. The lowest BCUT2D eigenvalue weighted by Gasteiger charge is -2.08. The number of aryl methyl sites for hydroxylation is 2. The predicted octanol–water partition coefficient (Wildman–Crippen LogP) is 3.02. The number of thiophene rings is 1. The number of hydrogen-bond donors (Lipinski definition) is 2. The standard InChI is InChI=1S/C14H17FN2O2S2/c1-9-4-5-11(6-13(9)15)17-21(18,19)14-7-12(8-16-3)20-10(14)2/h4-7,16-17H,8H2,1-3H3. The quantitative estimate of drug-likeness (QED) is 0.887. The van der Waals surface area contributed by atoms with Gasteiger partial charge in [0.15, 0.2) is 0 Å². The molecule has 0 bridgehead atoms. The zero-order valence-electron chi connectivity index (χ0n) is 12.0. The summed E-state index contributed by atoms with van der Waals surface area (Å²) in [5.74, 6) is -0.437. The van der Waals surface area contributed by atoms with E-state index in [4.69, 9.17) is 0 Å². The molecule has 1 aromatic heterocycles. The summed E-state index contributed by atoms with van der Waals surface area (Å²) in [5.41, 5.74) is 0.694. The van der Waals surface area contributed by atoms with Gasteiger partial charge in [-0.3, -0.25) is 4.72 Å². The van der Waals surface area contributed by atoms with Crippen LogP contribution >= 0.6 is 11.3 Å². The molecule has 0 unspecified atom stereocenters. The second-order valence-electron chi connectivity index (χ2n) is 4.73. The number of anilines is 1. The molecule has 0 spiro atoms. The molecule has 114 valence electrons. The lowest BCUT2D eigenvalue weighted by molar-refractivity contribution is 0.600. The Morgan fingerprint density at radius 1 is 1.24 bits per heavy atom. The first-order chi connectivity index (χ1) is 9.83. The number of benzene rings is 1. The van der Waals surface area contributed by atoms with Gasteiger partial charge < -0.3 is 5.32 Å². The summed E-state index contributed by atoms with van der Waals surface area (Å²) in [6, 6.07) is 5.92. The first kappa shape index (κ1) is 15.9. The molecule has 4 nitrogen and oxygen atoms in total. The van der Waals surface area contributed by atoms with Crippen LogP contribution in [-0.2, 0) is 16.6 Å². The molecule has 0 aliphatic heterocycles. The van der Waals surface area contributed by atoms with Crippen LogP contribution in [0.15, 0.2) is 29.2 Å². The summed E-state index contributed by atoms with van der Waals surface area (Å²) in [7, 11) is -1.90. The van der Waals surface area contributed by atoms with Crippen LogP contribution in [0.3, 0.4) is 0 Å². The maximum atomic E-state index is 13.5. The van der Waals surface area contributed by atoms with Gasteiger partial charge in [0, 0.05) is 16.3 Å². The molecule has 0 saturated carbocycles. The van der Waals surface area contributed by atoms with Crippen molar-refractivity contribution in [2.45, 2.75) is 25.3 Å². The van der Waals surface area contributed by atoms with Crippen LogP contribution in [0.4, 0.5) is 10.1 Å². The highest BCUT2D eigenvalue weighted by Gasteiger charge is 2.20. The Labute approximate surface area is 128 Å². The van der Waals surface area contributed by atoms with Gasteiger partial charge in [-0.25, -0.2) is 12.8 Å². The molecule has 0 fully saturated rings. The Hall–Kier alpha value is -1.44. The van der Waals surface area contributed by atoms with Gasteiger partial charge in [-0.15, -0.1) is 11.3 Å². The Balaban J connectivity index is 2.31. The van der Waals surface area contributed by atoms with Crippen LogP contribution in [0.25, 0.3) is 0 Å². The minimum atomic E-state index is -3.71. The first-order valence-electron chi connectivity index (χ1n) is 6.36. The molecule has 0 saturated heterocycles. The largest absolute Gasteiger partial charge is 0.315 e. The van der Waals surface area contributed by atoms with E-state index in [-0.39, 0.29) is 10.6 Å². The van der Waals surface area contributed by atoms with E-state index in [0.29, 0.717) is 17.0 Å². The molecule has 2 rings (SSSR count). The Morgan fingerprint density at radius 3 is 2.57 bits per heavy atom. The van der Waals surface area contributed by atoms with Crippen molar-refractivity contribution < 1.29 is 12.8 Å².